The molecule has 6 nitrogen and oxygen atoms in total. The van der Waals surface area contributed by atoms with Crippen LogP contribution in [0.2, 0.25) is 0 Å². The maximum atomic E-state index is 11.5. The van der Waals surface area contributed by atoms with Crippen molar-refractivity contribution in [3.05, 3.63) is 42.0 Å². The summed E-state index contributed by atoms with van der Waals surface area (Å²) in [5.41, 5.74) is 7.22. The highest BCUT2D eigenvalue weighted by atomic mass is 16.2. The second-order valence-corrected chi connectivity index (χ2v) is 3.23. The van der Waals surface area contributed by atoms with Gasteiger partial charge in [-0.2, -0.15) is 5.10 Å². The van der Waals surface area contributed by atoms with Crippen LogP contribution in [0.25, 0.3) is 0 Å². The molecule has 1 amide bonds. The van der Waals surface area contributed by atoms with Gasteiger partial charge in [0.15, 0.2) is 0 Å². The van der Waals surface area contributed by atoms with Gasteiger partial charge in [0.25, 0.3) is 0 Å². The van der Waals surface area contributed by atoms with Crippen LogP contribution in [0.3, 0.4) is 0 Å². The number of nitrogens with one attached hydrogen (secondary N) is 3. The molecule has 0 aliphatic heterocycles. The number of nitrogens with zero attached hydrogens (tertiary/aromatic N) is 2. The molecule has 0 atom stereocenters. The average Bonchev–Trinajstić information content (AvgIpc) is 2.81. The zero-order chi connectivity index (χ0) is 11.4. The van der Waals surface area contributed by atoms with Crippen molar-refractivity contribution >= 4 is 11.6 Å². The third kappa shape index (κ3) is 2.17. The van der Waals surface area contributed by atoms with Crippen LogP contribution in [0, 0.1) is 6.92 Å². The van der Waals surface area contributed by atoms with Gasteiger partial charge < -0.3 is 0 Å². The number of aromatic nitrogens is 3. The van der Waals surface area contributed by atoms with Crippen molar-refractivity contribution in [3.8, 4) is 0 Å². The third-order valence-corrected chi connectivity index (χ3v) is 2.09. The number of hydrazine groups is 1. The fourth-order valence-corrected chi connectivity index (χ4v) is 1.21. The Bertz CT molecular complexity index is 480. The summed E-state index contributed by atoms with van der Waals surface area (Å²) >= 11 is 0. The lowest BCUT2D eigenvalue weighted by molar-refractivity contribution is 0.0953. The number of carbonyl (C=O) groups excluding carboxylic acids is 1. The molecule has 1 aromatic heterocycles. The zero-order valence-corrected chi connectivity index (χ0v) is 8.69. The molecule has 6 heteroatoms. The molecule has 0 spiro atoms. The second kappa shape index (κ2) is 4.43. The molecule has 0 unspecified atom stereocenters. The summed E-state index contributed by atoms with van der Waals surface area (Å²) in [7, 11) is 0. The quantitative estimate of drug-likeness (QED) is 0.666. The highest BCUT2D eigenvalue weighted by Gasteiger charge is 2.07. The number of aromatic amines is 1. The van der Waals surface area contributed by atoms with Gasteiger partial charge in [0.2, 0.25) is 5.82 Å². The minimum atomic E-state index is -0.360. The van der Waals surface area contributed by atoms with Crippen LogP contribution < -0.4 is 10.9 Å². The molecule has 0 bridgehead atoms. The fourth-order valence-electron chi connectivity index (χ4n) is 1.21. The Morgan fingerprint density at radius 3 is 2.88 bits per heavy atom. The van der Waals surface area contributed by atoms with Gasteiger partial charge in [-0.15, -0.1) is 0 Å². The predicted octanol–water partition coefficient (Wildman–Crippen LogP) is 0.870. The van der Waals surface area contributed by atoms with Crippen LogP contribution in [-0.4, -0.2) is 21.1 Å². The Balaban J connectivity index is 1.98. The van der Waals surface area contributed by atoms with E-state index in [1.807, 2.05) is 31.2 Å². The zero-order valence-electron chi connectivity index (χ0n) is 8.69. The molecule has 16 heavy (non-hydrogen) atoms. The van der Waals surface area contributed by atoms with E-state index in [9.17, 15) is 4.79 Å². The largest absolute Gasteiger partial charge is 0.306 e. The summed E-state index contributed by atoms with van der Waals surface area (Å²) in [6, 6.07) is 7.63. The van der Waals surface area contributed by atoms with Crippen LogP contribution in [0.15, 0.2) is 30.6 Å². The van der Waals surface area contributed by atoms with E-state index in [0.29, 0.717) is 0 Å². The lowest BCUT2D eigenvalue weighted by Gasteiger charge is -2.09. The number of carbonyl (C=O) groups is 1. The first kappa shape index (κ1) is 10.2. The number of hydrogen-bond donors (Lipinski definition) is 3. The van der Waals surface area contributed by atoms with Crippen molar-refractivity contribution in [1.82, 2.24) is 20.6 Å². The van der Waals surface area contributed by atoms with Crippen LogP contribution in [0.1, 0.15) is 16.2 Å². The molecule has 0 aliphatic rings. The van der Waals surface area contributed by atoms with E-state index >= 15 is 0 Å². The number of aryl methyl sites for hydroxylation is 1. The van der Waals surface area contributed by atoms with E-state index in [1.165, 1.54) is 6.33 Å². The van der Waals surface area contributed by atoms with E-state index in [-0.39, 0.29) is 11.7 Å². The van der Waals surface area contributed by atoms with E-state index < -0.39 is 0 Å². The van der Waals surface area contributed by atoms with Gasteiger partial charge in [0, 0.05) is 0 Å². The normalized spacial score (nSPS) is 9.81. The monoisotopic (exact) mass is 217 g/mol. The molecule has 3 N–H and O–H groups in total. The van der Waals surface area contributed by atoms with E-state index in [2.05, 4.69) is 26.0 Å². The van der Waals surface area contributed by atoms with Crippen LogP contribution in [0.4, 0.5) is 5.69 Å². The average molecular weight is 217 g/mol. The lowest BCUT2D eigenvalue weighted by atomic mass is 10.2. The predicted molar refractivity (Wildman–Crippen MR) is 58.7 cm³/mol. The number of hydrogen-bond acceptors (Lipinski definition) is 4. The standard InChI is InChI=1S/C10H11N5O/c1-7-4-2-3-5-8(7)13-15-10(16)9-11-6-12-14-9/h2-6,13H,1H3,(H,15,16)(H,11,12,14). The summed E-state index contributed by atoms with van der Waals surface area (Å²) in [5, 5.41) is 6.07. The smallest absolute Gasteiger partial charge is 0.298 e. The fraction of sp³-hybridized carbons (Fsp3) is 0.100. The number of anilines is 1. The van der Waals surface area contributed by atoms with E-state index in [0.717, 1.165) is 11.3 Å². The van der Waals surface area contributed by atoms with Gasteiger partial charge in [-0.05, 0) is 18.6 Å². The highest BCUT2D eigenvalue weighted by Crippen LogP contribution is 2.11. The molecule has 0 radical (unpaired) electrons. The van der Waals surface area contributed by atoms with Crippen molar-refractivity contribution in [2.75, 3.05) is 5.43 Å². The van der Waals surface area contributed by atoms with E-state index in [1.54, 1.807) is 0 Å². The van der Waals surface area contributed by atoms with Gasteiger partial charge in [0.1, 0.15) is 6.33 Å². The Labute approximate surface area is 92.1 Å². The minimum Gasteiger partial charge on any atom is -0.298 e. The molecule has 0 aliphatic carbocycles. The Kier molecular flexibility index (Phi) is 2.81. The molecule has 0 saturated heterocycles. The first-order chi connectivity index (χ1) is 7.77. The first-order valence-corrected chi connectivity index (χ1v) is 4.75. The summed E-state index contributed by atoms with van der Waals surface area (Å²) in [6.07, 6.45) is 1.28. The first-order valence-electron chi connectivity index (χ1n) is 4.75. The lowest BCUT2D eigenvalue weighted by Crippen LogP contribution is -2.30. The maximum Gasteiger partial charge on any atom is 0.306 e. The molecular weight excluding hydrogens is 206 g/mol. The molecular formula is C10H11N5O. The summed E-state index contributed by atoms with van der Waals surface area (Å²) < 4.78 is 0. The van der Waals surface area contributed by atoms with Gasteiger partial charge in [-0.1, -0.05) is 18.2 Å². The maximum absolute atomic E-state index is 11.5. The van der Waals surface area contributed by atoms with Gasteiger partial charge >= 0.3 is 5.91 Å². The Morgan fingerprint density at radius 2 is 2.19 bits per heavy atom. The van der Waals surface area contributed by atoms with Crippen LogP contribution >= 0.6 is 0 Å². The van der Waals surface area contributed by atoms with Gasteiger partial charge in [0.05, 0.1) is 5.69 Å². The number of rotatable bonds is 3. The SMILES string of the molecule is Cc1ccccc1NNC(=O)c1ncn[nH]1. The number of H-pyrrole nitrogens is 1. The van der Waals surface area contributed by atoms with Crippen LogP contribution in [-0.2, 0) is 0 Å². The minimum absolute atomic E-state index is 0.168. The molecule has 0 fully saturated rings. The molecule has 2 rings (SSSR count). The second-order valence-electron chi connectivity index (χ2n) is 3.23. The van der Waals surface area contributed by atoms with Crippen LogP contribution in [0.5, 0.6) is 0 Å². The summed E-state index contributed by atoms with van der Waals surface area (Å²) in [6.45, 7) is 1.95. The van der Waals surface area contributed by atoms with Gasteiger partial charge in [-0.25, -0.2) is 4.98 Å². The van der Waals surface area contributed by atoms with Crippen molar-refractivity contribution in [2.45, 2.75) is 6.92 Å². The molecule has 0 saturated carbocycles. The van der Waals surface area contributed by atoms with Crippen molar-refractivity contribution in [3.63, 3.8) is 0 Å². The summed E-state index contributed by atoms with van der Waals surface area (Å²) in [4.78, 5) is 15.2. The van der Waals surface area contributed by atoms with Crippen molar-refractivity contribution in [1.29, 1.82) is 0 Å². The highest BCUT2D eigenvalue weighted by molar-refractivity contribution is 5.91. The Morgan fingerprint density at radius 1 is 1.38 bits per heavy atom. The third-order valence-electron chi connectivity index (χ3n) is 2.09. The molecule has 1 aromatic carbocycles. The van der Waals surface area contributed by atoms with Crippen molar-refractivity contribution < 1.29 is 4.79 Å². The summed E-state index contributed by atoms with van der Waals surface area (Å²) in [5.74, 6) is -0.193. The number of para-hydroxylation sites is 1. The topological polar surface area (TPSA) is 82.7 Å². The van der Waals surface area contributed by atoms with Crippen molar-refractivity contribution in [2.24, 2.45) is 0 Å². The van der Waals surface area contributed by atoms with E-state index in [4.69, 9.17) is 0 Å². The molecule has 82 valence electrons. The molecule has 1 heterocycles. The molecule has 2 aromatic rings. The van der Waals surface area contributed by atoms with Gasteiger partial charge in [-0.3, -0.25) is 20.7 Å². The number of amides is 1. The Hall–Kier alpha value is -2.37. The number of benzene rings is 1.